The Morgan fingerprint density at radius 2 is 2.00 bits per heavy atom. The van der Waals surface area contributed by atoms with E-state index in [9.17, 15) is 30.0 Å². The number of carbonyl (C=O) groups is 2. The number of aliphatic hydroxyl groups excluding tert-OH is 3. The van der Waals surface area contributed by atoms with Crippen molar-refractivity contribution in [1.29, 1.82) is 0 Å². The third kappa shape index (κ3) is 5.56. The van der Waals surface area contributed by atoms with Crippen LogP contribution in [-0.4, -0.2) is 89.6 Å². The number of likely N-dealkylation sites (N-methyl/N-ethyl adjacent to an activating group) is 1. The van der Waals surface area contributed by atoms with E-state index in [-0.39, 0.29) is 17.0 Å². The van der Waals surface area contributed by atoms with Gasteiger partial charge in [0.2, 0.25) is 6.79 Å². The number of nitrogens with two attached hydrogens (primary N) is 1. The van der Waals surface area contributed by atoms with E-state index in [2.05, 4.69) is 5.32 Å². The van der Waals surface area contributed by atoms with Crippen molar-refractivity contribution >= 4 is 17.6 Å². The summed E-state index contributed by atoms with van der Waals surface area (Å²) < 4.78 is 20.2. The topological polar surface area (TPSA) is 190 Å². The summed E-state index contributed by atoms with van der Waals surface area (Å²) in [4.78, 5) is 24.1. The average molecular weight is 430 g/mol. The maximum absolute atomic E-state index is 12.1. The highest BCUT2D eigenvalue weighted by Gasteiger charge is 2.45. The van der Waals surface area contributed by atoms with E-state index in [0.717, 1.165) is 0 Å². The fourth-order valence-corrected chi connectivity index (χ4v) is 2.90. The lowest BCUT2D eigenvalue weighted by Crippen LogP contribution is -2.64. The predicted molar refractivity (Wildman–Crippen MR) is 100 cm³/mol. The molecule has 1 heterocycles. The molecule has 0 radical (unpaired) electrons. The van der Waals surface area contributed by atoms with E-state index in [1.165, 1.54) is 32.2 Å². The Balaban J connectivity index is 1.90. The second-order valence-corrected chi connectivity index (χ2v) is 6.59. The molecule has 168 valence electrons. The Bertz CT molecular complexity index is 746. The van der Waals surface area contributed by atoms with Gasteiger partial charge in [-0.1, -0.05) is 0 Å². The van der Waals surface area contributed by atoms with Gasteiger partial charge >= 0.3 is 11.9 Å². The number of anilines is 1. The van der Waals surface area contributed by atoms with Crippen molar-refractivity contribution in [2.45, 2.75) is 43.7 Å². The Kier molecular flexibility index (Phi) is 8.34. The number of nitrogens with one attached hydrogen (secondary N) is 1. The molecule has 6 atom stereocenters. The van der Waals surface area contributed by atoms with Gasteiger partial charge in [0.1, 0.15) is 29.6 Å². The van der Waals surface area contributed by atoms with Gasteiger partial charge in [0, 0.05) is 5.69 Å². The Labute approximate surface area is 172 Å². The lowest BCUT2D eigenvalue weighted by Gasteiger charge is -2.42. The smallest absolute Gasteiger partial charge is 0.344 e. The SMILES string of the molecule is CNC1[C@@H](O)OC(CO)[C@@H](O)[C@H]1OC(C)C(=O)OCOC(=O)c1cc(N)ccc1O. The lowest BCUT2D eigenvalue weighted by atomic mass is 9.96. The minimum absolute atomic E-state index is 0.193. The molecule has 1 saturated heterocycles. The minimum atomic E-state index is -1.39. The van der Waals surface area contributed by atoms with Crippen molar-refractivity contribution < 1.29 is 49.0 Å². The Morgan fingerprint density at radius 3 is 2.63 bits per heavy atom. The minimum Gasteiger partial charge on any atom is -0.507 e. The van der Waals surface area contributed by atoms with Crippen LogP contribution < -0.4 is 11.1 Å². The molecular weight excluding hydrogens is 404 g/mol. The van der Waals surface area contributed by atoms with Gasteiger partial charge in [-0.25, -0.2) is 9.59 Å². The summed E-state index contributed by atoms with van der Waals surface area (Å²) in [7, 11) is 1.49. The van der Waals surface area contributed by atoms with Crippen LogP contribution in [0.5, 0.6) is 5.75 Å². The molecule has 12 heteroatoms. The number of phenols is 1. The van der Waals surface area contributed by atoms with E-state index in [4.69, 9.17) is 24.7 Å². The largest absolute Gasteiger partial charge is 0.507 e. The maximum atomic E-state index is 12.1. The van der Waals surface area contributed by atoms with E-state index in [0.29, 0.717) is 0 Å². The third-order valence-corrected chi connectivity index (χ3v) is 4.53. The molecule has 0 aliphatic carbocycles. The first kappa shape index (κ1) is 23.8. The number of benzene rings is 1. The molecule has 1 aliphatic rings. The van der Waals surface area contributed by atoms with Crippen LogP contribution in [0.15, 0.2) is 18.2 Å². The van der Waals surface area contributed by atoms with Gasteiger partial charge in [-0.05, 0) is 32.2 Å². The second-order valence-electron chi connectivity index (χ2n) is 6.59. The number of rotatable bonds is 8. The molecule has 1 fully saturated rings. The summed E-state index contributed by atoms with van der Waals surface area (Å²) in [5.41, 5.74) is 5.59. The normalized spacial score (nSPS) is 27.3. The van der Waals surface area contributed by atoms with E-state index in [1.807, 2.05) is 0 Å². The Morgan fingerprint density at radius 1 is 1.30 bits per heavy atom. The number of hydrogen-bond donors (Lipinski definition) is 6. The summed E-state index contributed by atoms with van der Waals surface area (Å²) in [6.45, 7) is 0.0105. The van der Waals surface area contributed by atoms with Crippen LogP contribution in [0.1, 0.15) is 17.3 Å². The van der Waals surface area contributed by atoms with Crippen LogP contribution in [0.2, 0.25) is 0 Å². The number of phenolic OH excluding ortho intramolecular Hbond substituents is 1. The van der Waals surface area contributed by atoms with Crippen LogP contribution in [-0.2, 0) is 23.7 Å². The average Bonchev–Trinajstić information content (AvgIpc) is 2.71. The molecule has 0 saturated carbocycles. The first-order valence-corrected chi connectivity index (χ1v) is 9.07. The number of aliphatic hydroxyl groups is 3. The number of carbonyl (C=O) groups excluding carboxylic acids is 2. The van der Waals surface area contributed by atoms with Gasteiger partial charge < -0.3 is 50.4 Å². The van der Waals surface area contributed by atoms with Gasteiger partial charge in [0.25, 0.3) is 0 Å². The fraction of sp³-hybridized carbons (Fsp3) is 0.556. The summed E-state index contributed by atoms with van der Waals surface area (Å²) in [5.74, 6) is -2.21. The standard InChI is InChI=1S/C18H26N2O10/c1-8(29-15-13(20-2)18(26)30-12(6-21)14(15)23)16(24)27-7-28-17(25)10-5-9(19)3-4-11(10)22/h3-5,8,12-15,18,20-23,26H,6-7,19H2,1-2H3/t8?,12?,13?,14-,15+,18+/m1/s1. The van der Waals surface area contributed by atoms with Crippen molar-refractivity contribution in [3.63, 3.8) is 0 Å². The maximum Gasteiger partial charge on any atom is 0.344 e. The number of nitrogen functional groups attached to an aromatic ring is 1. The van der Waals surface area contributed by atoms with E-state index >= 15 is 0 Å². The molecule has 0 spiro atoms. The molecule has 0 amide bonds. The molecule has 7 N–H and O–H groups in total. The number of aromatic hydroxyl groups is 1. The summed E-state index contributed by atoms with van der Waals surface area (Å²) >= 11 is 0. The molecule has 2 rings (SSSR count). The van der Waals surface area contributed by atoms with Gasteiger partial charge in [-0.3, -0.25) is 0 Å². The predicted octanol–water partition coefficient (Wildman–Crippen LogP) is -1.94. The van der Waals surface area contributed by atoms with Crippen molar-refractivity contribution in [1.82, 2.24) is 5.32 Å². The van der Waals surface area contributed by atoms with Gasteiger partial charge in [-0.15, -0.1) is 0 Å². The lowest BCUT2D eigenvalue weighted by molar-refractivity contribution is -0.268. The fourth-order valence-electron chi connectivity index (χ4n) is 2.90. The summed E-state index contributed by atoms with van der Waals surface area (Å²) in [6.07, 6.45) is -6.16. The summed E-state index contributed by atoms with van der Waals surface area (Å²) in [5, 5.41) is 41.9. The van der Waals surface area contributed by atoms with Crippen molar-refractivity contribution in [2.75, 3.05) is 26.2 Å². The zero-order valence-electron chi connectivity index (χ0n) is 16.4. The molecule has 1 aromatic rings. The molecule has 12 nitrogen and oxygen atoms in total. The van der Waals surface area contributed by atoms with Crippen molar-refractivity contribution in [3.05, 3.63) is 23.8 Å². The van der Waals surface area contributed by atoms with Crippen molar-refractivity contribution in [3.8, 4) is 5.75 Å². The molecule has 0 aromatic heterocycles. The highest BCUT2D eigenvalue weighted by atomic mass is 16.7. The first-order valence-electron chi connectivity index (χ1n) is 9.07. The third-order valence-electron chi connectivity index (χ3n) is 4.53. The van der Waals surface area contributed by atoms with Crippen LogP contribution in [0, 0.1) is 0 Å². The van der Waals surface area contributed by atoms with Gasteiger partial charge in [-0.2, -0.15) is 0 Å². The molecule has 3 unspecified atom stereocenters. The molecule has 0 bridgehead atoms. The van der Waals surface area contributed by atoms with Crippen LogP contribution >= 0.6 is 0 Å². The summed E-state index contributed by atoms with van der Waals surface area (Å²) in [6, 6.07) is 2.94. The van der Waals surface area contributed by atoms with Crippen molar-refractivity contribution in [2.24, 2.45) is 0 Å². The molecular formula is C18H26N2O10. The van der Waals surface area contributed by atoms with Crippen LogP contribution in [0.25, 0.3) is 0 Å². The molecule has 1 aliphatic heterocycles. The van der Waals surface area contributed by atoms with Crippen LogP contribution in [0.3, 0.4) is 0 Å². The first-order chi connectivity index (χ1) is 14.2. The quantitative estimate of drug-likeness (QED) is 0.116. The highest BCUT2D eigenvalue weighted by Crippen LogP contribution is 2.24. The molecule has 30 heavy (non-hydrogen) atoms. The highest BCUT2D eigenvalue weighted by molar-refractivity contribution is 5.93. The van der Waals surface area contributed by atoms with Gasteiger partial charge in [0.15, 0.2) is 12.4 Å². The van der Waals surface area contributed by atoms with E-state index in [1.54, 1.807) is 0 Å². The van der Waals surface area contributed by atoms with Gasteiger partial charge in [0.05, 0.1) is 12.6 Å². The molecule has 1 aromatic carbocycles. The monoisotopic (exact) mass is 430 g/mol. The van der Waals surface area contributed by atoms with Crippen LogP contribution in [0.4, 0.5) is 5.69 Å². The second kappa shape index (κ2) is 10.5. The zero-order valence-corrected chi connectivity index (χ0v) is 16.4. The Hall–Kier alpha value is -2.48. The van der Waals surface area contributed by atoms with E-state index < -0.39 is 62.1 Å². The number of ether oxygens (including phenoxy) is 4. The zero-order chi connectivity index (χ0) is 22.4. The number of esters is 2. The number of hydrogen-bond acceptors (Lipinski definition) is 12.